The maximum Gasteiger partial charge on any atom is 0.573 e. The van der Waals surface area contributed by atoms with Crippen molar-refractivity contribution in [3.63, 3.8) is 0 Å². The first-order valence-corrected chi connectivity index (χ1v) is 10.3. The number of carbonyl (C=O) groups excluding carboxylic acids is 4. The fraction of sp³-hybridized carbons (Fsp3) is 0.304. The second kappa shape index (κ2) is 9.94. The highest BCUT2D eigenvalue weighted by Gasteiger charge is 2.39. The maximum atomic E-state index is 12.7. The van der Waals surface area contributed by atoms with E-state index in [0.717, 1.165) is 12.2 Å². The van der Waals surface area contributed by atoms with Gasteiger partial charge in [0.1, 0.15) is 11.8 Å². The lowest BCUT2D eigenvalue weighted by molar-refractivity contribution is -0.303. The first-order chi connectivity index (χ1) is 16.0. The summed E-state index contributed by atoms with van der Waals surface area (Å²) >= 11 is 0. The van der Waals surface area contributed by atoms with Gasteiger partial charge in [0.2, 0.25) is 17.7 Å². The zero-order valence-corrected chi connectivity index (χ0v) is 18.2. The van der Waals surface area contributed by atoms with Gasteiger partial charge in [0, 0.05) is 30.6 Å². The van der Waals surface area contributed by atoms with Gasteiger partial charge in [0.25, 0.3) is 5.91 Å². The predicted molar refractivity (Wildman–Crippen MR) is 114 cm³/mol. The van der Waals surface area contributed by atoms with Crippen molar-refractivity contribution in [1.29, 1.82) is 0 Å². The second-order valence-electron chi connectivity index (χ2n) is 7.74. The van der Waals surface area contributed by atoms with Crippen LogP contribution in [0.25, 0.3) is 0 Å². The van der Waals surface area contributed by atoms with Crippen molar-refractivity contribution < 1.29 is 37.1 Å². The molecule has 1 atom stereocenters. The number of fused-ring (bicyclic) bond motifs is 1. The lowest BCUT2D eigenvalue weighted by Gasteiger charge is -2.29. The van der Waals surface area contributed by atoms with Gasteiger partial charge in [0.15, 0.2) is 0 Å². The van der Waals surface area contributed by atoms with Crippen molar-refractivity contribution in [3.8, 4) is 0 Å². The van der Waals surface area contributed by atoms with E-state index in [2.05, 4.69) is 21.9 Å². The molecule has 0 aromatic heterocycles. The molecule has 0 radical (unpaired) electrons. The molecular weight excluding hydrogens is 455 g/mol. The highest BCUT2D eigenvalue weighted by molar-refractivity contribution is 6.05. The maximum absolute atomic E-state index is 12.7. The molecule has 2 heterocycles. The number of hydrogen-bond donors (Lipinski definition) is 2. The van der Waals surface area contributed by atoms with E-state index in [-0.39, 0.29) is 43.3 Å². The van der Waals surface area contributed by atoms with Crippen LogP contribution < -0.4 is 10.6 Å². The molecule has 1 aromatic carbocycles. The lowest BCUT2D eigenvalue weighted by atomic mass is 10.0. The smallest absolute Gasteiger partial charge is 0.406 e. The molecule has 0 aliphatic carbocycles. The molecule has 34 heavy (non-hydrogen) atoms. The Morgan fingerprint density at radius 1 is 1.29 bits per heavy atom. The summed E-state index contributed by atoms with van der Waals surface area (Å²) in [4.78, 5) is 49.9. The molecule has 0 spiro atoms. The number of hydrogen-bond acceptors (Lipinski definition) is 5. The summed E-state index contributed by atoms with van der Waals surface area (Å²) in [5.41, 5.74) is 1.98. The molecule has 4 amide bonds. The van der Waals surface area contributed by atoms with Gasteiger partial charge in [-0.3, -0.25) is 24.5 Å². The molecule has 1 saturated heterocycles. The van der Waals surface area contributed by atoms with Crippen LogP contribution in [0.15, 0.2) is 54.3 Å². The zero-order valence-electron chi connectivity index (χ0n) is 18.2. The first kappa shape index (κ1) is 24.7. The van der Waals surface area contributed by atoms with Gasteiger partial charge >= 0.3 is 6.36 Å². The lowest BCUT2D eigenvalue weighted by Crippen LogP contribution is -2.52. The third-order valence-corrected chi connectivity index (χ3v) is 5.33. The van der Waals surface area contributed by atoms with E-state index >= 15 is 0 Å². The van der Waals surface area contributed by atoms with Crippen molar-refractivity contribution >= 4 is 23.6 Å². The van der Waals surface area contributed by atoms with E-state index in [9.17, 15) is 32.3 Å². The Kier molecular flexibility index (Phi) is 7.23. The Hall–Kier alpha value is -3.89. The van der Waals surface area contributed by atoms with Crippen LogP contribution in [-0.4, -0.2) is 40.9 Å². The Morgan fingerprint density at radius 2 is 2.03 bits per heavy atom. The first-order valence-electron chi connectivity index (χ1n) is 10.3. The van der Waals surface area contributed by atoms with Gasteiger partial charge in [-0.25, -0.2) is 0 Å². The van der Waals surface area contributed by atoms with Gasteiger partial charge in [-0.15, -0.1) is 13.2 Å². The summed E-state index contributed by atoms with van der Waals surface area (Å²) in [6, 6.07) is 4.30. The Bertz CT molecular complexity index is 1110. The third-order valence-electron chi connectivity index (χ3n) is 5.33. The van der Waals surface area contributed by atoms with Crippen molar-refractivity contribution in [2.24, 2.45) is 0 Å². The summed E-state index contributed by atoms with van der Waals surface area (Å²) in [6.45, 7) is 4.98. The number of nitrogens with zero attached hydrogens (tertiary/aromatic N) is 1. The molecule has 11 heteroatoms. The number of piperidine rings is 1. The molecule has 1 unspecified atom stereocenters. The van der Waals surface area contributed by atoms with E-state index in [0.29, 0.717) is 16.7 Å². The van der Waals surface area contributed by atoms with Crippen LogP contribution in [0.4, 0.5) is 13.2 Å². The fourth-order valence-electron chi connectivity index (χ4n) is 3.62. The van der Waals surface area contributed by atoms with Crippen LogP contribution in [0.3, 0.4) is 0 Å². The van der Waals surface area contributed by atoms with E-state index in [1.165, 1.54) is 17.9 Å². The average Bonchev–Trinajstić information content (AvgIpc) is 3.09. The minimum absolute atomic E-state index is 0.112. The molecule has 0 saturated carbocycles. The van der Waals surface area contributed by atoms with Gasteiger partial charge in [-0.2, -0.15) is 0 Å². The number of rotatable bonds is 7. The Morgan fingerprint density at radius 3 is 2.68 bits per heavy atom. The summed E-state index contributed by atoms with van der Waals surface area (Å²) in [6.07, 6.45) is -1.41. The van der Waals surface area contributed by atoms with E-state index < -0.39 is 30.0 Å². The van der Waals surface area contributed by atoms with Crippen molar-refractivity contribution in [3.05, 3.63) is 71.0 Å². The molecule has 2 aliphatic heterocycles. The van der Waals surface area contributed by atoms with Crippen LogP contribution in [0.5, 0.6) is 0 Å². The van der Waals surface area contributed by atoms with Crippen LogP contribution in [0.2, 0.25) is 0 Å². The number of alkyl halides is 3. The highest BCUT2D eigenvalue weighted by Crippen LogP contribution is 2.28. The number of allylic oxidation sites excluding steroid dienone is 3. The number of benzene rings is 1. The highest BCUT2D eigenvalue weighted by atomic mass is 19.4. The summed E-state index contributed by atoms with van der Waals surface area (Å²) in [5, 5.41) is 4.89. The molecule has 0 bridgehead atoms. The molecule has 3 rings (SSSR count). The third kappa shape index (κ3) is 5.91. The predicted octanol–water partition coefficient (Wildman–Crippen LogP) is 2.62. The molecule has 180 valence electrons. The number of carbonyl (C=O) groups is 4. The number of halogens is 3. The molecular formula is C23H22F3N3O5. The van der Waals surface area contributed by atoms with Crippen molar-refractivity contribution in [2.45, 2.75) is 45.3 Å². The topological polar surface area (TPSA) is 105 Å². The zero-order chi connectivity index (χ0) is 25.0. The van der Waals surface area contributed by atoms with Gasteiger partial charge in [0.05, 0.1) is 0 Å². The van der Waals surface area contributed by atoms with Crippen molar-refractivity contribution in [2.75, 3.05) is 0 Å². The monoisotopic (exact) mass is 477 g/mol. The molecule has 1 fully saturated rings. The molecule has 1 aromatic rings. The standard InChI is InChI=1S/C23H22F3N3O5/c1-3-16(34-23(24,25)26)6-4-13(2)20(31)27-11-14-5-7-17-15(10-14)12-29(22(17)33)18-8-9-19(30)28-21(18)32/h3-7,10,18H,1,8-9,11-12H2,2H3,(H,27,31)(H,28,30,32)/b13-4+,16-6+. The normalized spacial score (nSPS) is 19.0. The second-order valence-corrected chi connectivity index (χ2v) is 7.74. The average molecular weight is 477 g/mol. The largest absolute Gasteiger partial charge is 0.573 e. The number of nitrogens with one attached hydrogen (secondary N) is 2. The SMILES string of the molecule is C=C/C(=C\C=C(/C)C(=O)NCc1ccc2c(c1)CN(C1CCC(=O)NC1=O)C2=O)OC(F)(F)F. The number of imide groups is 1. The minimum Gasteiger partial charge on any atom is -0.406 e. The van der Waals surface area contributed by atoms with Gasteiger partial charge in [-0.1, -0.05) is 24.8 Å². The Balaban J connectivity index is 1.62. The van der Waals surface area contributed by atoms with Crippen LogP contribution in [-0.2, 0) is 32.2 Å². The van der Waals surface area contributed by atoms with Crippen molar-refractivity contribution in [1.82, 2.24) is 15.5 Å². The summed E-state index contributed by atoms with van der Waals surface area (Å²) < 4.78 is 40.7. The van der Waals surface area contributed by atoms with Crippen LogP contribution in [0, 0.1) is 0 Å². The number of amides is 4. The van der Waals surface area contributed by atoms with Gasteiger partial charge in [-0.05, 0) is 42.7 Å². The molecule has 2 N–H and O–H groups in total. The molecule has 2 aliphatic rings. The molecule has 8 nitrogen and oxygen atoms in total. The quantitative estimate of drug-likeness (QED) is 0.272. The van der Waals surface area contributed by atoms with E-state index in [4.69, 9.17) is 0 Å². The minimum atomic E-state index is -4.87. The van der Waals surface area contributed by atoms with Gasteiger partial charge < -0.3 is 15.0 Å². The van der Waals surface area contributed by atoms with Crippen LogP contribution in [0.1, 0.15) is 41.3 Å². The Labute approximate surface area is 193 Å². The fourth-order valence-corrected chi connectivity index (χ4v) is 3.62. The summed E-state index contributed by atoms with van der Waals surface area (Å²) in [5.74, 6) is -2.22. The van der Waals surface area contributed by atoms with E-state index in [1.807, 2.05) is 0 Å². The van der Waals surface area contributed by atoms with Crippen LogP contribution >= 0.6 is 0 Å². The number of ether oxygens (including phenoxy) is 1. The van der Waals surface area contributed by atoms with E-state index in [1.54, 1.807) is 18.2 Å². The summed E-state index contributed by atoms with van der Waals surface area (Å²) in [7, 11) is 0.